The van der Waals surface area contributed by atoms with E-state index >= 15 is 0 Å². The van der Waals surface area contributed by atoms with Gasteiger partial charge >= 0.3 is 0 Å². The van der Waals surface area contributed by atoms with Crippen LogP contribution in [0.1, 0.15) is 13.8 Å². The van der Waals surface area contributed by atoms with E-state index in [0.29, 0.717) is 50.8 Å². The molecule has 0 radical (unpaired) electrons. The summed E-state index contributed by atoms with van der Waals surface area (Å²) in [7, 11) is -6.81. The van der Waals surface area contributed by atoms with Gasteiger partial charge in [0.25, 0.3) is 10.2 Å². The summed E-state index contributed by atoms with van der Waals surface area (Å²) in [6.45, 7) is 6.70. The second kappa shape index (κ2) is 8.99. The fourth-order valence-electron chi connectivity index (χ4n) is 2.91. The van der Waals surface area contributed by atoms with Crippen molar-refractivity contribution in [1.29, 1.82) is 0 Å². The van der Waals surface area contributed by atoms with Crippen molar-refractivity contribution in [3.05, 3.63) is 29.3 Å². The molecule has 1 aliphatic rings. The Hall–Kier alpha value is -0.710. The maximum absolute atomic E-state index is 12.5. The minimum Gasteiger partial charge on any atom is -0.300 e. The number of hydrogen-bond acceptors (Lipinski definition) is 5. The van der Waals surface area contributed by atoms with Gasteiger partial charge in [0.05, 0.1) is 10.6 Å². The van der Waals surface area contributed by atoms with Crippen molar-refractivity contribution in [2.24, 2.45) is 0 Å². The van der Waals surface area contributed by atoms with Crippen LogP contribution in [-0.2, 0) is 20.0 Å². The molecule has 0 unspecified atom stereocenters. The molecule has 1 fully saturated rings. The van der Waals surface area contributed by atoms with Crippen LogP contribution in [0.15, 0.2) is 29.2 Å². The zero-order valence-electron chi connectivity index (χ0n) is 15.1. The van der Waals surface area contributed by atoms with Gasteiger partial charge in [-0.25, -0.2) is 8.42 Å². The van der Waals surface area contributed by atoms with Crippen LogP contribution >= 0.6 is 11.6 Å². The van der Waals surface area contributed by atoms with E-state index in [1.807, 2.05) is 18.7 Å². The first-order valence-electron chi connectivity index (χ1n) is 8.66. The molecule has 1 heterocycles. The van der Waals surface area contributed by atoms with Crippen LogP contribution in [0.2, 0.25) is 5.02 Å². The van der Waals surface area contributed by atoms with Crippen molar-refractivity contribution in [3.8, 4) is 0 Å². The van der Waals surface area contributed by atoms with Gasteiger partial charge in [0.2, 0.25) is 0 Å². The quantitative estimate of drug-likeness (QED) is 0.630. The van der Waals surface area contributed by atoms with Crippen molar-refractivity contribution >= 4 is 31.6 Å². The first-order chi connectivity index (χ1) is 12.2. The molecule has 0 aromatic heterocycles. The molecule has 7 nitrogen and oxygen atoms in total. The maximum Gasteiger partial charge on any atom is 0.282 e. The predicted octanol–water partition coefficient (Wildman–Crippen LogP) is 1.32. The van der Waals surface area contributed by atoms with E-state index in [2.05, 4.69) is 0 Å². The minimum absolute atomic E-state index is 0.00255. The first-order valence-corrected chi connectivity index (χ1v) is 12.1. The van der Waals surface area contributed by atoms with Gasteiger partial charge in [-0.2, -0.15) is 17.0 Å². The topological polar surface area (TPSA) is 78.0 Å². The third-order valence-corrected chi connectivity index (χ3v) is 8.69. The number of sulfone groups is 1. The summed E-state index contributed by atoms with van der Waals surface area (Å²) < 4.78 is 52.7. The second-order valence-electron chi connectivity index (χ2n) is 6.11. The molecule has 0 bridgehead atoms. The van der Waals surface area contributed by atoms with E-state index < -0.39 is 20.0 Å². The standard InChI is InChI=1S/C16H26ClN3O4S2/c1-3-19(4-2)26(23,24)20-11-9-18(10-12-20)13-14-25(21,22)16-7-5-15(17)6-8-16/h5-8H,3-4,9-14H2,1-2H3. The van der Waals surface area contributed by atoms with E-state index in [0.717, 1.165) is 0 Å². The smallest absolute Gasteiger partial charge is 0.282 e. The molecule has 0 N–H and O–H groups in total. The number of rotatable bonds is 8. The summed E-state index contributed by atoms with van der Waals surface area (Å²) in [6, 6.07) is 6.13. The zero-order valence-corrected chi connectivity index (χ0v) is 17.5. The molecule has 1 aliphatic heterocycles. The highest BCUT2D eigenvalue weighted by molar-refractivity contribution is 7.91. The molecule has 10 heteroatoms. The highest BCUT2D eigenvalue weighted by Gasteiger charge is 2.31. The summed E-state index contributed by atoms with van der Waals surface area (Å²) in [5, 5.41) is 0.495. The van der Waals surface area contributed by atoms with Crippen molar-refractivity contribution < 1.29 is 16.8 Å². The van der Waals surface area contributed by atoms with E-state index in [1.54, 1.807) is 12.1 Å². The highest BCUT2D eigenvalue weighted by atomic mass is 35.5. The first kappa shape index (κ1) is 21.6. The lowest BCUT2D eigenvalue weighted by Gasteiger charge is -2.36. The Kier molecular flexibility index (Phi) is 7.46. The largest absolute Gasteiger partial charge is 0.300 e. The summed E-state index contributed by atoms with van der Waals surface area (Å²) in [5.74, 6) is -0.00255. The molecule has 1 aromatic rings. The number of nitrogens with zero attached hydrogens (tertiary/aromatic N) is 3. The SMILES string of the molecule is CCN(CC)S(=O)(=O)N1CCN(CCS(=O)(=O)c2ccc(Cl)cc2)CC1. The van der Waals surface area contributed by atoms with E-state index in [1.165, 1.54) is 20.7 Å². The molecule has 0 spiro atoms. The summed E-state index contributed by atoms with van der Waals surface area (Å²) in [6.07, 6.45) is 0. The molecule has 0 aliphatic carbocycles. The Morgan fingerprint density at radius 1 is 0.962 bits per heavy atom. The van der Waals surface area contributed by atoms with Gasteiger partial charge < -0.3 is 0 Å². The van der Waals surface area contributed by atoms with Gasteiger partial charge in [0, 0.05) is 50.8 Å². The van der Waals surface area contributed by atoms with Gasteiger partial charge in [-0.1, -0.05) is 25.4 Å². The second-order valence-corrected chi connectivity index (χ2v) is 10.6. The van der Waals surface area contributed by atoms with Crippen LogP contribution in [-0.4, -0.2) is 81.9 Å². The van der Waals surface area contributed by atoms with Gasteiger partial charge in [-0.3, -0.25) is 4.90 Å². The lowest BCUT2D eigenvalue weighted by atomic mass is 10.4. The number of benzene rings is 1. The third-order valence-electron chi connectivity index (χ3n) is 4.54. The van der Waals surface area contributed by atoms with Crippen molar-refractivity contribution in [3.63, 3.8) is 0 Å². The summed E-state index contributed by atoms with van der Waals surface area (Å²) in [4.78, 5) is 2.24. The average molecular weight is 424 g/mol. The van der Waals surface area contributed by atoms with Crippen molar-refractivity contribution in [2.75, 3.05) is 51.6 Å². The Bertz CT molecular complexity index is 785. The molecular weight excluding hydrogens is 398 g/mol. The third kappa shape index (κ3) is 5.17. The Morgan fingerprint density at radius 2 is 1.50 bits per heavy atom. The number of hydrogen-bond donors (Lipinski definition) is 0. The van der Waals surface area contributed by atoms with E-state index in [9.17, 15) is 16.8 Å². The normalized spacial score (nSPS) is 17.7. The Balaban J connectivity index is 1.90. The van der Waals surface area contributed by atoms with Crippen LogP contribution in [0.4, 0.5) is 0 Å². The van der Waals surface area contributed by atoms with Crippen LogP contribution in [0.3, 0.4) is 0 Å². The van der Waals surface area contributed by atoms with Gasteiger partial charge in [0.15, 0.2) is 9.84 Å². The molecule has 148 valence electrons. The lowest BCUT2D eigenvalue weighted by Crippen LogP contribution is -2.53. The van der Waals surface area contributed by atoms with E-state index in [4.69, 9.17) is 11.6 Å². The minimum atomic E-state index is -3.43. The lowest BCUT2D eigenvalue weighted by molar-refractivity contribution is 0.189. The fraction of sp³-hybridized carbons (Fsp3) is 0.625. The molecular formula is C16H26ClN3O4S2. The van der Waals surface area contributed by atoms with Gasteiger partial charge in [-0.15, -0.1) is 0 Å². The van der Waals surface area contributed by atoms with Crippen LogP contribution in [0, 0.1) is 0 Å². The number of piperazine rings is 1. The van der Waals surface area contributed by atoms with Gasteiger partial charge in [-0.05, 0) is 24.3 Å². The summed E-state index contributed by atoms with van der Waals surface area (Å²) >= 11 is 5.79. The predicted molar refractivity (Wildman–Crippen MR) is 103 cm³/mol. The maximum atomic E-state index is 12.5. The van der Waals surface area contributed by atoms with Crippen LogP contribution in [0.25, 0.3) is 0 Å². The highest BCUT2D eigenvalue weighted by Crippen LogP contribution is 2.16. The van der Waals surface area contributed by atoms with E-state index in [-0.39, 0.29) is 10.6 Å². The Morgan fingerprint density at radius 3 is 2.00 bits per heavy atom. The Labute approximate surface area is 161 Å². The molecule has 2 rings (SSSR count). The van der Waals surface area contributed by atoms with Crippen LogP contribution < -0.4 is 0 Å². The average Bonchev–Trinajstić information content (AvgIpc) is 2.61. The molecule has 0 amide bonds. The summed E-state index contributed by atoms with van der Waals surface area (Å²) in [5.41, 5.74) is 0. The van der Waals surface area contributed by atoms with Crippen LogP contribution in [0.5, 0.6) is 0 Å². The fourth-order valence-corrected chi connectivity index (χ4v) is 5.92. The van der Waals surface area contributed by atoms with Gasteiger partial charge in [0.1, 0.15) is 0 Å². The molecule has 26 heavy (non-hydrogen) atoms. The molecule has 1 saturated heterocycles. The molecule has 0 saturated carbocycles. The van der Waals surface area contributed by atoms with Crippen molar-refractivity contribution in [2.45, 2.75) is 18.7 Å². The van der Waals surface area contributed by atoms with Crippen molar-refractivity contribution in [1.82, 2.24) is 13.5 Å². The monoisotopic (exact) mass is 423 g/mol. The molecule has 1 aromatic carbocycles. The zero-order chi connectivity index (χ0) is 19.4. The number of halogens is 1. The molecule has 0 atom stereocenters.